The standard InChI is InChI=1S/C22H33N3O6/c1-5-29-20(27)15-6-9-17(10-7-15)30-18-11-8-16(14-25-18)19(26)23-12-13-24-21(28)31-22(2,3)4/h8,11,14-15,17H,5-7,9-10,12-13H2,1-4H3,(H,23,26)(H,24,28)/t15-,17+. The van der Waals surface area contributed by atoms with Gasteiger partial charge >= 0.3 is 12.1 Å². The number of carbonyl (C=O) groups is 3. The van der Waals surface area contributed by atoms with Crippen molar-refractivity contribution in [3.63, 3.8) is 0 Å². The zero-order valence-electron chi connectivity index (χ0n) is 18.7. The number of hydrogen-bond donors (Lipinski definition) is 2. The third-order valence-corrected chi connectivity index (χ3v) is 4.66. The van der Waals surface area contributed by atoms with E-state index in [0.717, 1.165) is 25.7 Å². The van der Waals surface area contributed by atoms with E-state index in [2.05, 4.69) is 15.6 Å². The van der Waals surface area contributed by atoms with Gasteiger partial charge in [-0.1, -0.05) is 0 Å². The van der Waals surface area contributed by atoms with Gasteiger partial charge in [0, 0.05) is 25.4 Å². The number of hydrogen-bond acceptors (Lipinski definition) is 7. The van der Waals surface area contributed by atoms with Gasteiger partial charge in [0.2, 0.25) is 5.88 Å². The molecule has 1 aromatic heterocycles. The average molecular weight is 436 g/mol. The third-order valence-electron chi connectivity index (χ3n) is 4.66. The molecular weight excluding hydrogens is 402 g/mol. The van der Waals surface area contributed by atoms with Crippen molar-refractivity contribution >= 4 is 18.0 Å². The molecule has 0 radical (unpaired) electrons. The second kappa shape index (κ2) is 11.5. The van der Waals surface area contributed by atoms with Gasteiger partial charge in [0.05, 0.1) is 18.1 Å². The highest BCUT2D eigenvalue weighted by Crippen LogP contribution is 2.28. The molecule has 2 rings (SSSR count). The Kier molecular flexibility index (Phi) is 9.08. The van der Waals surface area contributed by atoms with Gasteiger partial charge in [-0.2, -0.15) is 0 Å². The van der Waals surface area contributed by atoms with E-state index in [-0.39, 0.29) is 37.0 Å². The van der Waals surface area contributed by atoms with E-state index < -0.39 is 11.7 Å². The van der Waals surface area contributed by atoms with Gasteiger partial charge in [0.1, 0.15) is 11.7 Å². The number of nitrogens with zero attached hydrogens (tertiary/aromatic N) is 1. The van der Waals surface area contributed by atoms with Crippen molar-refractivity contribution in [2.75, 3.05) is 19.7 Å². The topological polar surface area (TPSA) is 116 Å². The Balaban J connectivity index is 1.70. The van der Waals surface area contributed by atoms with Crippen molar-refractivity contribution in [2.45, 2.75) is 65.1 Å². The molecule has 0 saturated heterocycles. The average Bonchev–Trinajstić information content (AvgIpc) is 2.71. The molecule has 9 heteroatoms. The van der Waals surface area contributed by atoms with Gasteiger partial charge in [-0.15, -0.1) is 0 Å². The minimum atomic E-state index is -0.566. The molecular formula is C22H33N3O6. The molecule has 1 heterocycles. The predicted molar refractivity (Wildman–Crippen MR) is 114 cm³/mol. The normalized spacial score (nSPS) is 18.6. The summed E-state index contributed by atoms with van der Waals surface area (Å²) in [5.41, 5.74) is -0.168. The quantitative estimate of drug-likeness (QED) is 0.476. The molecule has 31 heavy (non-hydrogen) atoms. The molecule has 0 unspecified atom stereocenters. The molecule has 1 saturated carbocycles. The van der Waals surface area contributed by atoms with Crippen LogP contribution < -0.4 is 15.4 Å². The first-order chi connectivity index (χ1) is 14.7. The maximum atomic E-state index is 12.2. The minimum Gasteiger partial charge on any atom is -0.474 e. The molecule has 2 amide bonds. The SMILES string of the molecule is CCOC(=O)[C@H]1CC[C@@H](Oc2ccc(C(=O)NCCNC(=O)OC(C)(C)C)cn2)CC1. The van der Waals surface area contributed by atoms with Crippen molar-refractivity contribution < 1.29 is 28.6 Å². The number of amides is 2. The van der Waals surface area contributed by atoms with Crippen molar-refractivity contribution in [1.29, 1.82) is 0 Å². The maximum absolute atomic E-state index is 12.2. The Morgan fingerprint density at radius 1 is 1.06 bits per heavy atom. The lowest BCUT2D eigenvalue weighted by Gasteiger charge is -2.27. The van der Waals surface area contributed by atoms with Crippen LogP contribution >= 0.6 is 0 Å². The van der Waals surface area contributed by atoms with Crippen molar-refractivity contribution in [2.24, 2.45) is 5.92 Å². The van der Waals surface area contributed by atoms with Gasteiger partial charge in [-0.25, -0.2) is 9.78 Å². The number of esters is 1. The summed E-state index contributed by atoms with van der Waals surface area (Å²) in [5.74, 6) is -0.0258. The summed E-state index contributed by atoms with van der Waals surface area (Å²) in [5, 5.41) is 5.29. The maximum Gasteiger partial charge on any atom is 0.407 e. The summed E-state index contributed by atoms with van der Waals surface area (Å²) in [6.07, 6.45) is 3.92. The van der Waals surface area contributed by atoms with Crippen molar-refractivity contribution in [3.8, 4) is 5.88 Å². The van der Waals surface area contributed by atoms with Crippen molar-refractivity contribution in [1.82, 2.24) is 15.6 Å². The highest BCUT2D eigenvalue weighted by molar-refractivity contribution is 5.93. The Hall–Kier alpha value is -2.84. The van der Waals surface area contributed by atoms with E-state index in [1.54, 1.807) is 32.9 Å². The van der Waals surface area contributed by atoms with Crippen LogP contribution in [-0.4, -0.2) is 54.4 Å². The number of alkyl carbamates (subject to hydrolysis) is 1. The van der Waals surface area contributed by atoms with Crippen LogP contribution in [0.25, 0.3) is 0 Å². The summed E-state index contributed by atoms with van der Waals surface area (Å²) in [4.78, 5) is 39.8. The molecule has 1 aliphatic carbocycles. The van der Waals surface area contributed by atoms with Gasteiger partial charge in [0.25, 0.3) is 5.91 Å². The summed E-state index contributed by atoms with van der Waals surface area (Å²) < 4.78 is 16.1. The van der Waals surface area contributed by atoms with Gasteiger partial charge < -0.3 is 24.8 Å². The van der Waals surface area contributed by atoms with E-state index >= 15 is 0 Å². The molecule has 172 valence electrons. The van der Waals surface area contributed by atoms with Gasteiger partial charge in [0.15, 0.2) is 0 Å². The lowest BCUT2D eigenvalue weighted by atomic mass is 9.87. The smallest absolute Gasteiger partial charge is 0.407 e. The van der Waals surface area contributed by atoms with Crippen LogP contribution in [-0.2, 0) is 14.3 Å². The molecule has 0 atom stereocenters. The molecule has 0 spiro atoms. The van der Waals surface area contributed by atoms with E-state index in [0.29, 0.717) is 18.1 Å². The molecule has 1 fully saturated rings. The number of rotatable bonds is 8. The largest absolute Gasteiger partial charge is 0.474 e. The fraction of sp³-hybridized carbons (Fsp3) is 0.636. The summed E-state index contributed by atoms with van der Waals surface area (Å²) in [6, 6.07) is 3.30. The minimum absolute atomic E-state index is 0.00298. The lowest BCUT2D eigenvalue weighted by Crippen LogP contribution is -2.37. The van der Waals surface area contributed by atoms with Crippen molar-refractivity contribution in [3.05, 3.63) is 23.9 Å². The van der Waals surface area contributed by atoms with Gasteiger partial charge in [-0.05, 0) is 59.4 Å². The number of nitrogens with one attached hydrogen (secondary N) is 2. The van der Waals surface area contributed by atoms with E-state index in [1.165, 1.54) is 6.20 Å². The molecule has 0 aliphatic heterocycles. The summed E-state index contributed by atoms with van der Waals surface area (Å²) >= 11 is 0. The van der Waals surface area contributed by atoms with Crippen LogP contribution in [0.5, 0.6) is 5.88 Å². The number of pyridine rings is 1. The fourth-order valence-electron chi connectivity index (χ4n) is 3.19. The van der Waals surface area contributed by atoms with E-state index in [4.69, 9.17) is 14.2 Å². The molecule has 0 aromatic carbocycles. The highest BCUT2D eigenvalue weighted by atomic mass is 16.6. The molecule has 0 bridgehead atoms. The van der Waals surface area contributed by atoms with Gasteiger partial charge in [-0.3, -0.25) is 9.59 Å². The molecule has 1 aliphatic rings. The monoisotopic (exact) mass is 435 g/mol. The zero-order chi connectivity index (χ0) is 22.9. The van der Waals surface area contributed by atoms with Crippen LogP contribution in [0.1, 0.15) is 63.7 Å². The van der Waals surface area contributed by atoms with E-state index in [9.17, 15) is 14.4 Å². The first kappa shape index (κ1) is 24.4. The number of carbonyl (C=O) groups excluding carboxylic acids is 3. The number of ether oxygens (including phenoxy) is 3. The Morgan fingerprint density at radius 3 is 2.32 bits per heavy atom. The Labute approximate surface area is 183 Å². The number of aromatic nitrogens is 1. The fourth-order valence-corrected chi connectivity index (χ4v) is 3.19. The first-order valence-electron chi connectivity index (χ1n) is 10.7. The molecule has 1 aromatic rings. The predicted octanol–water partition coefficient (Wildman–Crippen LogP) is 2.84. The summed E-state index contributed by atoms with van der Waals surface area (Å²) in [7, 11) is 0. The zero-order valence-corrected chi connectivity index (χ0v) is 18.7. The molecule has 2 N–H and O–H groups in total. The second-order valence-corrected chi connectivity index (χ2v) is 8.41. The lowest BCUT2D eigenvalue weighted by molar-refractivity contribution is -0.149. The van der Waals surface area contributed by atoms with Crippen LogP contribution in [0.15, 0.2) is 18.3 Å². The van der Waals surface area contributed by atoms with Crippen LogP contribution in [0.4, 0.5) is 4.79 Å². The van der Waals surface area contributed by atoms with Crippen LogP contribution in [0, 0.1) is 5.92 Å². The van der Waals surface area contributed by atoms with Crippen LogP contribution in [0.2, 0.25) is 0 Å². The highest BCUT2D eigenvalue weighted by Gasteiger charge is 2.28. The third kappa shape index (κ3) is 8.82. The Morgan fingerprint density at radius 2 is 1.74 bits per heavy atom. The first-order valence-corrected chi connectivity index (χ1v) is 10.7. The molecule has 9 nitrogen and oxygen atoms in total. The summed E-state index contributed by atoms with van der Waals surface area (Å²) in [6.45, 7) is 8.07. The second-order valence-electron chi connectivity index (χ2n) is 8.41. The van der Waals surface area contributed by atoms with E-state index in [1.807, 2.05) is 6.92 Å². The van der Waals surface area contributed by atoms with Crippen LogP contribution in [0.3, 0.4) is 0 Å². The Bertz CT molecular complexity index is 737.